The number of aromatic carboxylic acids is 1. The SMILES string of the molecule is CC.CC.Cc1ccc2cccc(NCc3c4oc5c(CNc6cccc7ccc(C)nc67)c(O)ccc5c(-c5ccccc5C(=O)O)c-4ccc3=O)c2n1. The second kappa shape index (κ2) is 16.5. The highest BCUT2D eigenvalue weighted by Gasteiger charge is 2.26. The fourth-order valence-electron chi connectivity index (χ4n) is 6.76. The second-order valence-corrected chi connectivity index (χ2v) is 12.6. The molecule has 0 fully saturated rings. The lowest BCUT2D eigenvalue weighted by atomic mass is 9.88. The van der Waals surface area contributed by atoms with Crippen molar-refractivity contribution >= 4 is 50.1 Å². The molecule has 0 unspecified atom stereocenters. The Labute approximate surface area is 319 Å². The Hall–Kier alpha value is -6.74. The maximum Gasteiger partial charge on any atom is 0.336 e. The van der Waals surface area contributed by atoms with E-state index in [0.717, 1.165) is 44.6 Å². The number of carboxylic acids is 1. The van der Waals surface area contributed by atoms with Crippen molar-refractivity contribution in [3.05, 3.63) is 147 Å². The van der Waals surface area contributed by atoms with Gasteiger partial charge in [0.25, 0.3) is 0 Å². The summed E-state index contributed by atoms with van der Waals surface area (Å²) in [6.45, 7) is 12.1. The fourth-order valence-corrected chi connectivity index (χ4v) is 6.76. The van der Waals surface area contributed by atoms with Crippen LogP contribution in [0.2, 0.25) is 0 Å². The van der Waals surface area contributed by atoms with Gasteiger partial charge >= 0.3 is 5.97 Å². The first-order valence-electron chi connectivity index (χ1n) is 18.5. The molecule has 2 aromatic heterocycles. The molecular weight excluding hydrogens is 689 g/mol. The number of hydrogen-bond acceptors (Lipinski definition) is 8. The molecule has 2 aliphatic rings. The summed E-state index contributed by atoms with van der Waals surface area (Å²) in [6.07, 6.45) is 0. The van der Waals surface area contributed by atoms with Crippen molar-refractivity contribution in [2.45, 2.75) is 54.6 Å². The lowest BCUT2D eigenvalue weighted by Gasteiger charge is -2.21. The van der Waals surface area contributed by atoms with Crippen LogP contribution in [-0.2, 0) is 13.1 Å². The van der Waals surface area contributed by atoms with Crippen molar-refractivity contribution in [1.82, 2.24) is 9.97 Å². The molecule has 4 aromatic carbocycles. The third kappa shape index (κ3) is 7.42. The van der Waals surface area contributed by atoms with Gasteiger partial charge in [0, 0.05) is 51.8 Å². The number of carboxylic acid groups (broad SMARTS) is 1. The standard InChI is InChI=1S/C42H32N4O5.2C2H6/c1-23-13-15-25-7-5-11-33(38(25)45-23)43-21-31-35(47)19-17-29-37(27-9-3-4-10-28(27)42(49)50)30-18-20-36(48)32(41(30)51-40(29)31)22-44-34-12-6-8-26-16-14-24(2)46-39(26)34;2*1-2/h3-20,43-44,47H,21-22H2,1-2H3,(H,49,50);2*1-2H3. The van der Waals surface area contributed by atoms with Crippen molar-refractivity contribution in [2.75, 3.05) is 10.6 Å². The van der Waals surface area contributed by atoms with E-state index in [4.69, 9.17) is 14.4 Å². The molecular formula is C46H44N4O5. The van der Waals surface area contributed by atoms with Crippen LogP contribution in [0.3, 0.4) is 0 Å². The number of nitrogens with zero attached hydrogens (tertiary/aromatic N) is 2. The van der Waals surface area contributed by atoms with Crippen LogP contribution in [0, 0.1) is 13.8 Å². The number of aromatic hydroxyl groups is 1. The molecule has 1 aliphatic carbocycles. The van der Waals surface area contributed by atoms with Crippen LogP contribution in [0.25, 0.3) is 55.2 Å². The maximum atomic E-state index is 13.7. The van der Waals surface area contributed by atoms with E-state index >= 15 is 0 Å². The Bertz CT molecular complexity index is 2700. The van der Waals surface area contributed by atoms with E-state index in [-0.39, 0.29) is 35.6 Å². The highest BCUT2D eigenvalue weighted by molar-refractivity contribution is 6.08. The zero-order chi connectivity index (χ0) is 39.2. The van der Waals surface area contributed by atoms with E-state index in [0.29, 0.717) is 38.8 Å². The Kier molecular flexibility index (Phi) is 11.4. The lowest BCUT2D eigenvalue weighted by Crippen LogP contribution is -2.15. The predicted octanol–water partition coefficient (Wildman–Crippen LogP) is 11.0. The van der Waals surface area contributed by atoms with Gasteiger partial charge < -0.3 is 25.3 Å². The molecule has 9 heteroatoms. The molecule has 8 rings (SSSR count). The summed E-state index contributed by atoms with van der Waals surface area (Å²) < 4.78 is 6.70. The molecule has 0 atom stereocenters. The summed E-state index contributed by atoms with van der Waals surface area (Å²) in [5.41, 5.74) is 7.40. The summed E-state index contributed by atoms with van der Waals surface area (Å²) in [4.78, 5) is 35.7. The zero-order valence-electron chi connectivity index (χ0n) is 31.8. The van der Waals surface area contributed by atoms with Gasteiger partial charge in [0.15, 0.2) is 5.43 Å². The van der Waals surface area contributed by atoms with E-state index in [1.807, 2.05) is 102 Å². The second-order valence-electron chi connectivity index (χ2n) is 12.6. The van der Waals surface area contributed by atoms with Gasteiger partial charge in [-0.1, -0.05) is 82.3 Å². The summed E-state index contributed by atoms with van der Waals surface area (Å²) >= 11 is 0. The number of para-hydroxylation sites is 2. The van der Waals surface area contributed by atoms with Crippen molar-refractivity contribution in [3.8, 4) is 28.2 Å². The summed E-state index contributed by atoms with van der Waals surface area (Å²) in [7, 11) is 0. The molecule has 1 aliphatic heterocycles. The highest BCUT2D eigenvalue weighted by atomic mass is 16.4. The minimum atomic E-state index is -1.09. The number of anilines is 2. The topological polar surface area (TPSA) is 138 Å². The smallest absolute Gasteiger partial charge is 0.336 e. The van der Waals surface area contributed by atoms with Gasteiger partial charge in [-0.25, -0.2) is 4.79 Å². The van der Waals surface area contributed by atoms with Gasteiger partial charge in [0.05, 0.1) is 39.1 Å². The molecule has 0 saturated heterocycles. The first kappa shape index (κ1) is 38.0. The number of carbonyl (C=O) groups is 1. The molecule has 0 radical (unpaired) electrons. The van der Waals surface area contributed by atoms with Crippen LogP contribution >= 0.6 is 0 Å². The quantitative estimate of drug-likeness (QED) is 0.112. The minimum absolute atomic E-state index is 0.0184. The third-order valence-electron chi connectivity index (χ3n) is 9.25. The van der Waals surface area contributed by atoms with E-state index in [1.54, 1.807) is 42.5 Å². The molecule has 0 saturated carbocycles. The van der Waals surface area contributed by atoms with Crippen LogP contribution in [0.15, 0.2) is 118 Å². The van der Waals surface area contributed by atoms with Crippen LogP contribution in [-0.4, -0.2) is 26.2 Å². The Morgan fingerprint density at radius 1 is 0.655 bits per heavy atom. The number of nitrogens with one attached hydrogen (secondary N) is 2. The number of rotatable bonds is 8. The van der Waals surface area contributed by atoms with Crippen LogP contribution in [0.5, 0.6) is 5.75 Å². The Balaban J connectivity index is 0.00000125. The summed E-state index contributed by atoms with van der Waals surface area (Å²) in [5, 5.41) is 30.9. The largest absolute Gasteiger partial charge is 0.507 e. The van der Waals surface area contributed by atoms with Crippen molar-refractivity contribution < 1.29 is 19.4 Å². The lowest BCUT2D eigenvalue weighted by molar-refractivity contribution is 0.0697. The molecule has 9 nitrogen and oxygen atoms in total. The molecule has 0 bridgehead atoms. The molecule has 4 N–H and O–H groups in total. The number of fused-ring (bicyclic) bond motifs is 4. The number of phenolic OH excluding ortho intramolecular Hbond substituents is 1. The summed E-state index contributed by atoms with van der Waals surface area (Å²) in [6, 6.07) is 32.8. The van der Waals surface area contributed by atoms with E-state index in [2.05, 4.69) is 10.6 Å². The van der Waals surface area contributed by atoms with Gasteiger partial charge in [-0.05, 0) is 74.0 Å². The fraction of sp³-hybridized carbons (Fsp3) is 0.174. The van der Waals surface area contributed by atoms with Crippen LogP contribution in [0.4, 0.5) is 11.4 Å². The van der Waals surface area contributed by atoms with Gasteiger partial charge in [-0.3, -0.25) is 14.8 Å². The number of aromatic nitrogens is 2. The molecule has 0 spiro atoms. The van der Waals surface area contributed by atoms with Gasteiger partial charge in [0.1, 0.15) is 17.1 Å². The van der Waals surface area contributed by atoms with Gasteiger partial charge in [0.2, 0.25) is 0 Å². The van der Waals surface area contributed by atoms with Crippen molar-refractivity contribution in [3.63, 3.8) is 0 Å². The van der Waals surface area contributed by atoms with Crippen molar-refractivity contribution in [2.24, 2.45) is 0 Å². The molecule has 55 heavy (non-hydrogen) atoms. The average Bonchev–Trinajstić information content (AvgIpc) is 3.21. The summed E-state index contributed by atoms with van der Waals surface area (Å²) in [5.74, 6) is -0.820. The van der Waals surface area contributed by atoms with E-state index in [1.165, 1.54) is 6.07 Å². The molecule has 6 aromatic rings. The van der Waals surface area contributed by atoms with E-state index in [9.17, 15) is 19.8 Å². The molecule has 278 valence electrons. The van der Waals surface area contributed by atoms with Gasteiger partial charge in [-0.15, -0.1) is 0 Å². The molecule has 0 amide bonds. The molecule has 3 heterocycles. The Morgan fingerprint density at radius 3 is 1.84 bits per heavy atom. The van der Waals surface area contributed by atoms with Crippen LogP contribution in [0.1, 0.15) is 60.6 Å². The van der Waals surface area contributed by atoms with Gasteiger partial charge in [-0.2, -0.15) is 0 Å². The maximum absolute atomic E-state index is 13.7. The first-order valence-corrected chi connectivity index (χ1v) is 18.5. The minimum Gasteiger partial charge on any atom is -0.507 e. The normalized spacial score (nSPS) is 10.8. The zero-order valence-corrected chi connectivity index (χ0v) is 31.8. The Morgan fingerprint density at radius 2 is 1.24 bits per heavy atom. The number of aryl methyl sites for hydroxylation is 2. The third-order valence-corrected chi connectivity index (χ3v) is 9.25. The first-order chi connectivity index (χ1) is 26.8. The number of hydrogen-bond donors (Lipinski definition) is 4. The van der Waals surface area contributed by atoms with Crippen LogP contribution < -0.4 is 16.1 Å². The average molecular weight is 733 g/mol. The monoisotopic (exact) mass is 732 g/mol. The predicted molar refractivity (Wildman–Crippen MR) is 223 cm³/mol. The van der Waals surface area contributed by atoms with Crippen molar-refractivity contribution in [1.29, 1.82) is 0 Å². The van der Waals surface area contributed by atoms with E-state index < -0.39 is 5.97 Å². The highest BCUT2D eigenvalue weighted by Crippen LogP contribution is 2.45. The number of pyridine rings is 2. The number of benzene rings is 5. The number of phenols is 1.